The predicted molar refractivity (Wildman–Crippen MR) is 122 cm³/mol. The van der Waals surface area contributed by atoms with Crippen molar-refractivity contribution in [1.29, 1.82) is 0 Å². The summed E-state index contributed by atoms with van der Waals surface area (Å²) in [5, 5.41) is 5.09. The molecular formula is C26H30N2O3. The third-order valence-corrected chi connectivity index (χ3v) is 7.19. The van der Waals surface area contributed by atoms with E-state index in [0.717, 1.165) is 28.7 Å². The van der Waals surface area contributed by atoms with Crippen molar-refractivity contribution in [3.8, 4) is 0 Å². The van der Waals surface area contributed by atoms with E-state index < -0.39 is 5.91 Å². The summed E-state index contributed by atoms with van der Waals surface area (Å²) in [6, 6.07) is 13.2. The first-order chi connectivity index (χ1) is 14.8. The molecule has 0 atom stereocenters. The van der Waals surface area contributed by atoms with Gasteiger partial charge in [-0.25, -0.2) is 0 Å². The molecule has 0 unspecified atom stereocenters. The van der Waals surface area contributed by atoms with Gasteiger partial charge in [-0.1, -0.05) is 31.2 Å². The SMILES string of the molecule is CC12CC3CC(CC(C3)C1)C2.Cc1ccccc1NC(=O)c1cccc(C(=O)N=O)c1. The number of nitroso groups, excluding NO2 is 1. The average molecular weight is 419 g/mol. The van der Waals surface area contributed by atoms with Gasteiger partial charge in [0.05, 0.1) is 0 Å². The van der Waals surface area contributed by atoms with Gasteiger partial charge in [-0.05, 0) is 98.4 Å². The van der Waals surface area contributed by atoms with Crippen molar-refractivity contribution in [3.63, 3.8) is 0 Å². The molecule has 2 aromatic carbocycles. The Morgan fingerprint density at radius 3 is 2.03 bits per heavy atom. The summed E-state index contributed by atoms with van der Waals surface area (Å²) in [5.41, 5.74) is 2.82. The van der Waals surface area contributed by atoms with Crippen molar-refractivity contribution >= 4 is 17.5 Å². The molecule has 0 heterocycles. The van der Waals surface area contributed by atoms with Crippen molar-refractivity contribution < 1.29 is 9.59 Å². The van der Waals surface area contributed by atoms with E-state index in [1.54, 1.807) is 50.7 Å². The highest BCUT2D eigenvalue weighted by Crippen LogP contribution is 2.59. The summed E-state index contributed by atoms with van der Waals surface area (Å²) < 4.78 is 0. The summed E-state index contributed by atoms with van der Waals surface area (Å²) in [6.07, 6.45) is 9.48. The minimum atomic E-state index is -0.893. The summed E-state index contributed by atoms with van der Waals surface area (Å²) >= 11 is 0. The van der Waals surface area contributed by atoms with E-state index in [1.807, 2.05) is 25.1 Å². The van der Waals surface area contributed by atoms with Crippen LogP contribution in [0.1, 0.15) is 71.7 Å². The van der Waals surface area contributed by atoms with Crippen molar-refractivity contribution in [2.45, 2.75) is 52.4 Å². The number of hydrogen-bond donors (Lipinski definition) is 1. The van der Waals surface area contributed by atoms with Crippen LogP contribution in [0.4, 0.5) is 5.69 Å². The van der Waals surface area contributed by atoms with Crippen LogP contribution in [0.5, 0.6) is 0 Å². The maximum Gasteiger partial charge on any atom is 0.316 e. The molecule has 0 spiro atoms. The molecule has 1 N–H and O–H groups in total. The first-order valence-corrected chi connectivity index (χ1v) is 11.2. The Morgan fingerprint density at radius 1 is 0.903 bits per heavy atom. The highest BCUT2D eigenvalue weighted by atomic mass is 16.3. The van der Waals surface area contributed by atoms with E-state index in [4.69, 9.17) is 0 Å². The molecule has 6 rings (SSSR count). The Labute approximate surface area is 183 Å². The fourth-order valence-corrected chi connectivity index (χ4v) is 6.30. The maximum absolute atomic E-state index is 12.1. The zero-order valence-corrected chi connectivity index (χ0v) is 18.3. The standard InChI is InChI=1S/C15H12N2O3.C11H18/c1-10-5-2-3-8-13(10)16-14(18)11-6-4-7-12(9-11)15(19)17-20;1-11-5-8-2-9(6-11)4-10(3-8)7-11/h2-9H,1H3,(H,16,18);8-10H,2-7H2,1H3. The average Bonchev–Trinajstić information content (AvgIpc) is 2.73. The lowest BCUT2D eigenvalue weighted by Crippen LogP contribution is -2.44. The van der Waals surface area contributed by atoms with Crippen LogP contribution in [0.25, 0.3) is 0 Å². The van der Waals surface area contributed by atoms with Crippen molar-refractivity contribution in [3.05, 3.63) is 70.1 Å². The highest BCUT2D eigenvalue weighted by molar-refractivity contribution is 6.06. The number of aryl methyl sites for hydroxylation is 1. The van der Waals surface area contributed by atoms with Gasteiger partial charge >= 0.3 is 5.91 Å². The number of hydrogen-bond acceptors (Lipinski definition) is 3. The Kier molecular flexibility index (Phi) is 6.03. The maximum atomic E-state index is 12.1. The minimum absolute atomic E-state index is 0.0948. The Morgan fingerprint density at radius 2 is 1.48 bits per heavy atom. The summed E-state index contributed by atoms with van der Waals surface area (Å²) in [7, 11) is 0. The monoisotopic (exact) mass is 418 g/mol. The van der Waals surface area contributed by atoms with Gasteiger partial charge in [-0.2, -0.15) is 0 Å². The van der Waals surface area contributed by atoms with E-state index in [1.165, 1.54) is 18.2 Å². The second kappa shape index (κ2) is 8.74. The number of rotatable bonds is 3. The van der Waals surface area contributed by atoms with E-state index in [-0.39, 0.29) is 11.5 Å². The molecular weight excluding hydrogens is 388 g/mol. The summed E-state index contributed by atoms with van der Waals surface area (Å²) in [5.74, 6) is 2.19. The number of nitrogens with zero attached hydrogens (tertiary/aromatic N) is 1. The van der Waals surface area contributed by atoms with Crippen LogP contribution >= 0.6 is 0 Å². The van der Waals surface area contributed by atoms with Crippen molar-refractivity contribution in [2.75, 3.05) is 5.32 Å². The molecule has 0 aliphatic heterocycles. The minimum Gasteiger partial charge on any atom is -0.322 e. The Hall–Kier alpha value is -2.82. The zero-order chi connectivity index (χ0) is 22.0. The van der Waals surface area contributed by atoms with Gasteiger partial charge in [0.25, 0.3) is 5.91 Å². The van der Waals surface area contributed by atoms with Crippen LogP contribution in [-0.2, 0) is 0 Å². The molecule has 5 heteroatoms. The number of para-hydroxylation sites is 1. The second-order valence-corrected chi connectivity index (χ2v) is 9.97. The fourth-order valence-electron chi connectivity index (χ4n) is 6.30. The molecule has 2 amide bonds. The first kappa shape index (κ1) is 21.4. The van der Waals surface area contributed by atoms with E-state index in [9.17, 15) is 14.5 Å². The topological polar surface area (TPSA) is 75.6 Å². The second-order valence-electron chi connectivity index (χ2n) is 9.97. The molecule has 0 aromatic heterocycles. The third-order valence-electron chi connectivity index (χ3n) is 7.19. The fraction of sp³-hybridized carbons (Fsp3) is 0.462. The summed E-state index contributed by atoms with van der Waals surface area (Å²) in [6.45, 7) is 4.42. The molecule has 31 heavy (non-hydrogen) atoms. The quantitative estimate of drug-likeness (QED) is 0.588. The summed E-state index contributed by atoms with van der Waals surface area (Å²) in [4.78, 5) is 33.5. The van der Waals surface area contributed by atoms with Gasteiger partial charge in [-0.15, -0.1) is 4.91 Å². The number of amides is 2. The lowest BCUT2D eigenvalue weighted by Gasteiger charge is -2.55. The van der Waals surface area contributed by atoms with Gasteiger partial charge in [-0.3, -0.25) is 9.59 Å². The smallest absolute Gasteiger partial charge is 0.316 e. The zero-order valence-electron chi connectivity index (χ0n) is 18.3. The number of carbonyl (C=O) groups excluding carboxylic acids is 2. The van der Waals surface area contributed by atoms with E-state index in [2.05, 4.69) is 17.4 Å². The normalized spacial score (nSPS) is 27.7. The van der Waals surface area contributed by atoms with E-state index in [0.29, 0.717) is 11.3 Å². The molecule has 0 saturated heterocycles. The van der Waals surface area contributed by atoms with Crippen molar-refractivity contribution in [2.24, 2.45) is 28.3 Å². The molecule has 4 aliphatic rings. The first-order valence-electron chi connectivity index (χ1n) is 11.2. The lowest BCUT2D eigenvalue weighted by atomic mass is 9.50. The largest absolute Gasteiger partial charge is 0.322 e. The number of carbonyl (C=O) groups is 2. The Balaban J connectivity index is 0.000000174. The molecule has 4 aliphatic carbocycles. The van der Waals surface area contributed by atoms with E-state index >= 15 is 0 Å². The molecule has 5 nitrogen and oxygen atoms in total. The van der Waals surface area contributed by atoms with Gasteiger partial charge in [0.1, 0.15) is 0 Å². The molecule has 2 aromatic rings. The lowest BCUT2D eigenvalue weighted by molar-refractivity contribution is -0.0411. The highest BCUT2D eigenvalue weighted by Gasteiger charge is 2.48. The van der Waals surface area contributed by atoms with Gasteiger partial charge < -0.3 is 5.32 Å². The predicted octanol–water partition coefficient (Wildman–Crippen LogP) is 6.38. The third kappa shape index (κ3) is 4.92. The molecule has 162 valence electrons. The number of benzene rings is 2. The van der Waals surface area contributed by atoms with Crippen molar-refractivity contribution in [1.82, 2.24) is 0 Å². The Bertz CT molecular complexity index is 962. The molecule has 4 bridgehead atoms. The van der Waals surface area contributed by atoms with Crippen LogP contribution in [0.3, 0.4) is 0 Å². The van der Waals surface area contributed by atoms with Crippen LogP contribution < -0.4 is 5.32 Å². The van der Waals surface area contributed by atoms with Gasteiger partial charge in [0.2, 0.25) is 0 Å². The van der Waals surface area contributed by atoms with Crippen LogP contribution in [0, 0.1) is 35.0 Å². The number of anilines is 1. The van der Waals surface area contributed by atoms with Crippen LogP contribution in [-0.4, -0.2) is 11.8 Å². The number of nitrogens with one attached hydrogen (secondary N) is 1. The molecule has 0 radical (unpaired) electrons. The van der Waals surface area contributed by atoms with Crippen LogP contribution in [0.15, 0.2) is 53.7 Å². The van der Waals surface area contributed by atoms with Gasteiger partial charge in [0.15, 0.2) is 0 Å². The van der Waals surface area contributed by atoms with Crippen LogP contribution in [0.2, 0.25) is 0 Å². The van der Waals surface area contributed by atoms with Gasteiger partial charge in [0, 0.05) is 22.0 Å². The molecule has 4 fully saturated rings. The molecule has 4 saturated carbocycles.